The highest BCUT2D eigenvalue weighted by Crippen LogP contribution is 2.63. The summed E-state index contributed by atoms with van der Waals surface area (Å²) in [5.74, 6) is 0. The number of rotatable bonds is 3. The van der Waals surface area contributed by atoms with E-state index in [2.05, 4.69) is 218 Å². The maximum atomic E-state index is 6.46. The van der Waals surface area contributed by atoms with Gasteiger partial charge in [-0.2, -0.15) is 0 Å². The van der Waals surface area contributed by atoms with Crippen molar-refractivity contribution in [2.75, 3.05) is 0 Å². The van der Waals surface area contributed by atoms with Crippen LogP contribution in [0.5, 0.6) is 0 Å². The fourth-order valence-electron chi connectivity index (χ4n) is 11.6. The van der Waals surface area contributed by atoms with E-state index in [1.165, 1.54) is 116 Å². The summed E-state index contributed by atoms with van der Waals surface area (Å²) in [5.41, 5.74) is 19.5. The predicted molar refractivity (Wildman–Crippen MR) is 259 cm³/mol. The molecule has 2 aliphatic carbocycles. The first-order chi connectivity index (χ1) is 30.8. The Labute approximate surface area is 358 Å². The lowest BCUT2D eigenvalue weighted by Gasteiger charge is -2.30. The summed E-state index contributed by atoms with van der Waals surface area (Å²) in [4.78, 5) is 0. The third-order valence-corrected chi connectivity index (χ3v) is 14.1. The maximum absolute atomic E-state index is 6.46. The first-order valence-corrected chi connectivity index (χ1v) is 21.6. The number of fused-ring (bicyclic) bond motifs is 17. The van der Waals surface area contributed by atoms with Gasteiger partial charge in [0.05, 0.1) is 5.41 Å². The van der Waals surface area contributed by atoms with Crippen LogP contribution < -0.4 is 0 Å². The van der Waals surface area contributed by atoms with E-state index in [-0.39, 0.29) is 0 Å². The number of benzene rings is 11. The molecule has 1 aromatic heterocycles. The Kier molecular flexibility index (Phi) is 6.82. The van der Waals surface area contributed by atoms with Gasteiger partial charge in [0.2, 0.25) is 0 Å². The molecule has 0 aliphatic heterocycles. The molecule has 0 N–H and O–H groups in total. The molecule has 286 valence electrons. The largest absolute Gasteiger partial charge is 0.456 e. The monoisotopic (exact) mass is 784 g/mol. The highest BCUT2D eigenvalue weighted by Gasteiger charge is 2.51. The van der Waals surface area contributed by atoms with Crippen LogP contribution in [0.1, 0.15) is 22.3 Å². The van der Waals surface area contributed by atoms with E-state index in [1.807, 2.05) is 0 Å². The molecule has 1 heterocycles. The number of hydrogen-bond donors (Lipinski definition) is 0. The van der Waals surface area contributed by atoms with E-state index < -0.39 is 5.41 Å². The average molecular weight is 785 g/mol. The Bertz CT molecular complexity index is 3740. The van der Waals surface area contributed by atoms with Gasteiger partial charge in [-0.05, 0) is 128 Å². The van der Waals surface area contributed by atoms with Gasteiger partial charge in [0.15, 0.2) is 0 Å². The lowest BCUT2D eigenvalue weighted by Crippen LogP contribution is -2.25. The summed E-state index contributed by atoms with van der Waals surface area (Å²) >= 11 is 0. The Morgan fingerprint density at radius 2 is 0.726 bits per heavy atom. The Hall–Kier alpha value is -8.00. The van der Waals surface area contributed by atoms with Crippen molar-refractivity contribution < 1.29 is 4.42 Å². The molecule has 12 aromatic rings. The molecule has 1 spiro atoms. The minimum atomic E-state index is -0.400. The van der Waals surface area contributed by atoms with Gasteiger partial charge in [-0.1, -0.05) is 200 Å². The van der Waals surface area contributed by atoms with E-state index in [1.54, 1.807) is 0 Å². The molecular formula is C61H36O. The zero-order chi connectivity index (χ0) is 40.5. The van der Waals surface area contributed by atoms with Crippen LogP contribution in [0.15, 0.2) is 223 Å². The van der Waals surface area contributed by atoms with E-state index in [0.717, 1.165) is 16.6 Å². The summed E-state index contributed by atoms with van der Waals surface area (Å²) in [5, 5.41) is 9.77. The summed E-state index contributed by atoms with van der Waals surface area (Å²) in [6.07, 6.45) is 0. The molecule has 0 radical (unpaired) electrons. The van der Waals surface area contributed by atoms with Crippen molar-refractivity contribution in [3.63, 3.8) is 0 Å². The van der Waals surface area contributed by atoms with Crippen LogP contribution in [0.2, 0.25) is 0 Å². The molecule has 0 saturated heterocycles. The fraction of sp³-hybridized carbons (Fsp3) is 0.0164. The van der Waals surface area contributed by atoms with Gasteiger partial charge in [0.1, 0.15) is 11.2 Å². The minimum Gasteiger partial charge on any atom is -0.456 e. The van der Waals surface area contributed by atoms with Crippen molar-refractivity contribution in [1.29, 1.82) is 0 Å². The zero-order valence-corrected chi connectivity index (χ0v) is 33.7. The van der Waals surface area contributed by atoms with E-state index in [9.17, 15) is 0 Å². The SMILES string of the molecule is c1ccc2c(c1)-c1ccccc1C21c2ccccc2-c2ccc(-c3c4ccccc4c(-c4ccc(-c5cccc6oc7ccc8ccccc8c7c56)cc4)c4ccccc34)cc21. The normalized spacial score (nSPS) is 13.3. The van der Waals surface area contributed by atoms with Crippen molar-refractivity contribution in [2.45, 2.75) is 5.41 Å². The molecule has 62 heavy (non-hydrogen) atoms. The fourth-order valence-corrected chi connectivity index (χ4v) is 11.6. The van der Waals surface area contributed by atoms with Gasteiger partial charge < -0.3 is 4.42 Å². The van der Waals surface area contributed by atoms with Crippen molar-refractivity contribution in [1.82, 2.24) is 0 Å². The average Bonchev–Trinajstić information content (AvgIpc) is 3.98. The van der Waals surface area contributed by atoms with Crippen molar-refractivity contribution in [2.24, 2.45) is 0 Å². The van der Waals surface area contributed by atoms with Crippen molar-refractivity contribution in [3.05, 3.63) is 241 Å². The molecule has 0 fully saturated rings. The topological polar surface area (TPSA) is 13.1 Å². The van der Waals surface area contributed by atoms with Crippen LogP contribution in [0.25, 0.3) is 110 Å². The lowest BCUT2D eigenvalue weighted by molar-refractivity contribution is 0.669. The van der Waals surface area contributed by atoms with Crippen LogP contribution in [0.4, 0.5) is 0 Å². The second-order valence-corrected chi connectivity index (χ2v) is 17.0. The van der Waals surface area contributed by atoms with Gasteiger partial charge in [0, 0.05) is 10.8 Å². The Morgan fingerprint density at radius 1 is 0.274 bits per heavy atom. The first-order valence-electron chi connectivity index (χ1n) is 21.6. The minimum absolute atomic E-state index is 0.400. The van der Waals surface area contributed by atoms with Crippen molar-refractivity contribution in [3.8, 4) is 55.6 Å². The molecule has 0 bridgehead atoms. The molecule has 2 aliphatic rings. The zero-order valence-electron chi connectivity index (χ0n) is 33.7. The quantitative estimate of drug-likeness (QED) is 0.163. The molecule has 1 heteroatoms. The maximum Gasteiger partial charge on any atom is 0.136 e. The smallest absolute Gasteiger partial charge is 0.136 e. The summed E-state index contributed by atoms with van der Waals surface area (Å²) in [7, 11) is 0. The van der Waals surface area contributed by atoms with E-state index >= 15 is 0 Å². The molecule has 0 amide bonds. The standard InChI is InChI=1S/C61H36O/c1-2-15-41-37(14-1)33-35-56-60(41)59-42(23-13-27-55(59)62-56)38-28-30-39(31-29-38)57-47-19-3-5-21-49(47)58(50-22-6-4-20-48(50)57)40-32-34-46-45-18-9-12-26-53(45)61(54(46)36-40)51-24-10-7-16-43(51)44-17-8-11-25-52(44)61/h1-36H. The molecular weight excluding hydrogens is 749 g/mol. The molecule has 14 rings (SSSR count). The Balaban J connectivity index is 0.973. The van der Waals surface area contributed by atoms with Gasteiger partial charge in [-0.3, -0.25) is 0 Å². The summed E-state index contributed by atoms with van der Waals surface area (Å²) in [6, 6.07) is 81.0. The highest BCUT2D eigenvalue weighted by atomic mass is 16.3. The predicted octanol–water partition coefficient (Wildman–Crippen LogP) is 16.4. The summed E-state index contributed by atoms with van der Waals surface area (Å²) in [6.45, 7) is 0. The van der Waals surface area contributed by atoms with Gasteiger partial charge in [-0.15, -0.1) is 0 Å². The van der Waals surface area contributed by atoms with Crippen LogP contribution in [-0.4, -0.2) is 0 Å². The van der Waals surface area contributed by atoms with Gasteiger partial charge >= 0.3 is 0 Å². The van der Waals surface area contributed by atoms with Gasteiger partial charge in [-0.25, -0.2) is 0 Å². The number of hydrogen-bond acceptors (Lipinski definition) is 1. The molecule has 0 unspecified atom stereocenters. The van der Waals surface area contributed by atoms with Crippen LogP contribution >= 0.6 is 0 Å². The Morgan fingerprint density at radius 3 is 1.34 bits per heavy atom. The number of furan rings is 1. The first kappa shape index (κ1) is 33.8. The van der Waals surface area contributed by atoms with Crippen molar-refractivity contribution >= 4 is 54.3 Å². The molecule has 0 saturated carbocycles. The van der Waals surface area contributed by atoms with Crippen LogP contribution in [0.3, 0.4) is 0 Å². The molecule has 1 nitrogen and oxygen atoms in total. The van der Waals surface area contributed by atoms with E-state index in [4.69, 9.17) is 4.42 Å². The second-order valence-electron chi connectivity index (χ2n) is 17.0. The molecule has 0 atom stereocenters. The van der Waals surface area contributed by atoms with Crippen LogP contribution in [0, 0.1) is 0 Å². The second kappa shape index (κ2) is 12.5. The van der Waals surface area contributed by atoms with E-state index in [0.29, 0.717) is 0 Å². The third-order valence-electron chi connectivity index (χ3n) is 14.1. The third kappa shape index (κ3) is 4.37. The van der Waals surface area contributed by atoms with Gasteiger partial charge in [0.25, 0.3) is 0 Å². The molecule has 11 aromatic carbocycles. The van der Waals surface area contributed by atoms with Crippen LogP contribution in [-0.2, 0) is 5.41 Å². The lowest BCUT2D eigenvalue weighted by atomic mass is 9.70. The highest BCUT2D eigenvalue weighted by molar-refractivity contribution is 6.24. The summed E-state index contributed by atoms with van der Waals surface area (Å²) < 4.78 is 6.46.